The first-order valence-corrected chi connectivity index (χ1v) is 9.73. The van der Waals surface area contributed by atoms with Crippen LogP contribution in [-0.2, 0) is 16.1 Å². The molecular formula is C24H26ClNO3. The number of halogens is 1. The van der Waals surface area contributed by atoms with Gasteiger partial charge in [0, 0.05) is 12.5 Å². The summed E-state index contributed by atoms with van der Waals surface area (Å²) in [6.45, 7) is 2.39. The highest BCUT2D eigenvalue weighted by Crippen LogP contribution is 2.29. The summed E-state index contributed by atoms with van der Waals surface area (Å²) in [7, 11) is 1.40. The van der Waals surface area contributed by atoms with Gasteiger partial charge < -0.3 is 14.8 Å². The number of nitrogens with one attached hydrogen (secondary N) is 1. The topological polar surface area (TPSA) is 47.6 Å². The summed E-state index contributed by atoms with van der Waals surface area (Å²) in [6, 6.07) is 22.6. The van der Waals surface area contributed by atoms with Gasteiger partial charge in [-0.2, -0.15) is 0 Å². The van der Waals surface area contributed by atoms with Gasteiger partial charge in [0.2, 0.25) is 0 Å². The quantitative estimate of drug-likeness (QED) is 0.617. The van der Waals surface area contributed by atoms with Crippen LogP contribution < -0.4 is 5.32 Å². The number of rotatable bonds is 5. The first-order chi connectivity index (χ1) is 13.7. The van der Waals surface area contributed by atoms with Crippen LogP contribution in [0.25, 0.3) is 10.8 Å². The molecule has 0 saturated carbocycles. The molecule has 29 heavy (non-hydrogen) atoms. The number of benzene rings is 3. The normalized spacial score (nSPS) is 18.8. The molecule has 152 valence electrons. The monoisotopic (exact) mass is 411 g/mol. The second-order valence-corrected chi connectivity index (χ2v) is 7.24. The molecule has 1 aliphatic heterocycles. The molecule has 3 aromatic carbocycles. The van der Waals surface area contributed by atoms with Crippen molar-refractivity contribution in [1.29, 1.82) is 0 Å². The minimum atomic E-state index is -0.305. The van der Waals surface area contributed by atoms with Gasteiger partial charge in [0.15, 0.2) is 0 Å². The molecule has 1 aliphatic rings. The number of fused-ring (bicyclic) bond motifs is 1. The maximum atomic E-state index is 11.7. The SMILES string of the molecule is COC(=O)c1ccc(C2CCNCC2OCc2ccc3ccccc3c2)cc1.Cl. The van der Waals surface area contributed by atoms with Gasteiger partial charge in [-0.15, -0.1) is 12.4 Å². The molecule has 2 unspecified atom stereocenters. The molecule has 0 radical (unpaired) electrons. The average Bonchev–Trinajstić information content (AvgIpc) is 2.77. The molecule has 0 aromatic heterocycles. The van der Waals surface area contributed by atoms with Crippen LogP contribution in [0.2, 0.25) is 0 Å². The molecular weight excluding hydrogens is 386 g/mol. The van der Waals surface area contributed by atoms with Crippen molar-refractivity contribution in [3.05, 3.63) is 83.4 Å². The molecule has 0 aliphatic carbocycles. The fourth-order valence-electron chi connectivity index (χ4n) is 3.90. The van der Waals surface area contributed by atoms with Crippen LogP contribution in [0.15, 0.2) is 66.7 Å². The predicted octanol–water partition coefficient (Wildman–Crippen LogP) is 4.71. The van der Waals surface area contributed by atoms with Crippen molar-refractivity contribution >= 4 is 29.1 Å². The third-order valence-corrected chi connectivity index (χ3v) is 5.46. The second-order valence-electron chi connectivity index (χ2n) is 7.24. The molecule has 1 N–H and O–H groups in total. The molecule has 1 saturated heterocycles. The van der Waals surface area contributed by atoms with Gasteiger partial charge in [-0.3, -0.25) is 0 Å². The lowest BCUT2D eigenvalue weighted by molar-refractivity contribution is 0.0106. The molecule has 4 rings (SSSR count). The molecule has 1 heterocycles. The van der Waals surface area contributed by atoms with E-state index in [4.69, 9.17) is 9.47 Å². The van der Waals surface area contributed by atoms with E-state index in [1.807, 2.05) is 24.3 Å². The van der Waals surface area contributed by atoms with Crippen LogP contribution in [0, 0.1) is 0 Å². The third kappa shape index (κ3) is 4.96. The largest absolute Gasteiger partial charge is 0.465 e. The molecule has 0 amide bonds. The highest BCUT2D eigenvalue weighted by molar-refractivity contribution is 5.89. The Hall–Kier alpha value is -2.40. The Morgan fingerprint density at radius 2 is 1.79 bits per heavy atom. The van der Waals surface area contributed by atoms with Crippen molar-refractivity contribution in [1.82, 2.24) is 5.32 Å². The molecule has 0 spiro atoms. The summed E-state index contributed by atoms with van der Waals surface area (Å²) in [5.74, 6) is 0.00867. The van der Waals surface area contributed by atoms with Gasteiger partial charge in [-0.05, 0) is 53.1 Å². The predicted molar refractivity (Wildman–Crippen MR) is 118 cm³/mol. The second kappa shape index (κ2) is 9.88. The van der Waals surface area contributed by atoms with Crippen molar-refractivity contribution in [2.75, 3.05) is 20.2 Å². The Kier molecular flexibility index (Phi) is 7.26. The molecule has 3 aromatic rings. The van der Waals surface area contributed by atoms with Gasteiger partial charge >= 0.3 is 5.97 Å². The fraction of sp³-hybridized carbons (Fsp3) is 0.292. The molecule has 2 atom stereocenters. The Bertz CT molecular complexity index is 958. The summed E-state index contributed by atoms with van der Waals surface area (Å²) in [4.78, 5) is 11.7. The summed E-state index contributed by atoms with van der Waals surface area (Å²) in [5.41, 5.74) is 2.97. The Morgan fingerprint density at radius 1 is 1.03 bits per heavy atom. The number of ether oxygens (including phenoxy) is 2. The standard InChI is InChI=1S/C24H25NO3.ClH/c1-27-24(26)20-10-8-19(9-11-20)22-12-13-25-15-23(22)28-16-17-6-7-18-4-2-3-5-21(18)14-17;/h2-11,14,22-23,25H,12-13,15-16H2,1H3;1H. The first kappa shape index (κ1) is 21.3. The van der Waals surface area contributed by atoms with Crippen LogP contribution >= 0.6 is 12.4 Å². The molecule has 5 heteroatoms. The van der Waals surface area contributed by atoms with E-state index < -0.39 is 0 Å². The van der Waals surface area contributed by atoms with E-state index in [-0.39, 0.29) is 24.5 Å². The van der Waals surface area contributed by atoms with Crippen LogP contribution in [-0.4, -0.2) is 32.3 Å². The van der Waals surface area contributed by atoms with E-state index in [0.29, 0.717) is 18.1 Å². The first-order valence-electron chi connectivity index (χ1n) is 9.73. The van der Waals surface area contributed by atoms with E-state index in [1.54, 1.807) is 0 Å². The van der Waals surface area contributed by atoms with E-state index in [0.717, 1.165) is 19.5 Å². The van der Waals surface area contributed by atoms with E-state index in [1.165, 1.54) is 29.0 Å². The highest BCUT2D eigenvalue weighted by atomic mass is 35.5. The summed E-state index contributed by atoms with van der Waals surface area (Å²) in [5, 5.41) is 5.92. The Morgan fingerprint density at radius 3 is 2.55 bits per heavy atom. The minimum absolute atomic E-state index is 0. The summed E-state index contributed by atoms with van der Waals surface area (Å²) >= 11 is 0. The Labute approximate surface area is 177 Å². The minimum Gasteiger partial charge on any atom is -0.465 e. The van der Waals surface area contributed by atoms with E-state index in [9.17, 15) is 4.79 Å². The zero-order valence-corrected chi connectivity index (χ0v) is 17.3. The summed E-state index contributed by atoms with van der Waals surface area (Å²) < 4.78 is 11.1. The average molecular weight is 412 g/mol. The lowest BCUT2D eigenvalue weighted by atomic mass is 9.87. The van der Waals surface area contributed by atoms with E-state index in [2.05, 4.69) is 47.8 Å². The van der Waals surface area contributed by atoms with Crippen molar-refractivity contribution in [2.24, 2.45) is 0 Å². The van der Waals surface area contributed by atoms with E-state index >= 15 is 0 Å². The number of hydrogen-bond donors (Lipinski definition) is 1. The van der Waals surface area contributed by atoms with Gasteiger partial charge in [-0.25, -0.2) is 4.79 Å². The maximum Gasteiger partial charge on any atom is 0.337 e. The highest BCUT2D eigenvalue weighted by Gasteiger charge is 2.27. The van der Waals surface area contributed by atoms with Crippen molar-refractivity contribution in [3.8, 4) is 0 Å². The van der Waals surface area contributed by atoms with Gasteiger partial charge in [-0.1, -0.05) is 48.5 Å². The van der Waals surface area contributed by atoms with Crippen molar-refractivity contribution in [2.45, 2.75) is 25.0 Å². The lowest BCUT2D eigenvalue weighted by Crippen LogP contribution is -2.41. The molecule has 4 nitrogen and oxygen atoms in total. The van der Waals surface area contributed by atoms with Crippen molar-refractivity contribution < 1.29 is 14.3 Å². The molecule has 0 bridgehead atoms. The zero-order valence-electron chi connectivity index (χ0n) is 16.5. The lowest BCUT2D eigenvalue weighted by Gasteiger charge is -2.32. The van der Waals surface area contributed by atoms with Crippen LogP contribution in [0.1, 0.15) is 33.8 Å². The van der Waals surface area contributed by atoms with Gasteiger partial charge in [0.25, 0.3) is 0 Å². The number of hydrogen-bond acceptors (Lipinski definition) is 4. The molecule has 1 fully saturated rings. The van der Waals surface area contributed by atoms with Crippen molar-refractivity contribution in [3.63, 3.8) is 0 Å². The number of esters is 1. The number of piperidine rings is 1. The third-order valence-electron chi connectivity index (χ3n) is 5.46. The smallest absolute Gasteiger partial charge is 0.337 e. The van der Waals surface area contributed by atoms with Crippen LogP contribution in [0.3, 0.4) is 0 Å². The number of methoxy groups -OCH3 is 1. The number of carbonyl (C=O) groups is 1. The number of carbonyl (C=O) groups excluding carboxylic acids is 1. The Balaban J connectivity index is 0.00000240. The van der Waals surface area contributed by atoms with Crippen LogP contribution in [0.4, 0.5) is 0 Å². The van der Waals surface area contributed by atoms with Crippen LogP contribution in [0.5, 0.6) is 0 Å². The fourth-order valence-corrected chi connectivity index (χ4v) is 3.90. The maximum absolute atomic E-state index is 11.7. The zero-order chi connectivity index (χ0) is 19.3. The van der Waals surface area contributed by atoms with Gasteiger partial charge in [0.05, 0.1) is 25.4 Å². The summed E-state index contributed by atoms with van der Waals surface area (Å²) in [6.07, 6.45) is 1.11. The van der Waals surface area contributed by atoms with Gasteiger partial charge in [0.1, 0.15) is 0 Å².